The molecule has 0 N–H and O–H groups in total. The van der Waals surface area contributed by atoms with Gasteiger partial charge in [0.15, 0.2) is 5.78 Å². The monoisotopic (exact) mass is 342 g/mol. The van der Waals surface area contributed by atoms with Gasteiger partial charge in [-0.15, -0.1) is 5.10 Å². The number of carbonyl (C=O) groups excluding carboxylic acids is 1. The van der Waals surface area contributed by atoms with Gasteiger partial charge in [-0.2, -0.15) is 0 Å². The van der Waals surface area contributed by atoms with Crippen molar-refractivity contribution in [1.29, 1.82) is 0 Å². The lowest BCUT2D eigenvalue weighted by Gasteiger charge is -2.07. The summed E-state index contributed by atoms with van der Waals surface area (Å²) in [6.07, 6.45) is 1.50. The summed E-state index contributed by atoms with van der Waals surface area (Å²) in [5.41, 5.74) is 1.39. The van der Waals surface area contributed by atoms with Gasteiger partial charge in [-0.1, -0.05) is 0 Å². The molecule has 2 aromatic heterocycles. The fourth-order valence-corrected chi connectivity index (χ4v) is 2.36. The molecule has 0 aliphatic rings. The lowest BCUT2D eigenvalue weighted by molar-refractivity contribution is 0.100. The Morgan fingerprint density at radius 1 is 1.28 bits per heavy atom. The number of aryl methyl sites for hydroxylation is 1. The van der Waals surface area contributed by atoms with Gasteiger partial charge in [0, 0.05) is 6.92 Å². The molecule has 0 radical (unpaired) electrons. The number of carbonyl (C=O) groups is 1. The second-order valence-corrected chi connectivity index (χ2v) is 5.41. The van der Waals surface area contributed by atoms with Crippen LogP contribution in [0.1, 0.15) is 29.0 Å². The molecule has 130 valence electrons. The summed E-state index contributed by atoms with van der Waals surface area (Å²) in [6.45, 7) is 3.59. The van der Waals surface area contributed by atoms with Crippen LogP contribution in [0.15, 0.2) is 28.9 Å². The smallest absolute Gasteiger partial charge is 0.230 e. The maximum absolute atomic E-state index is 11.3. The summed E-state index contributed by atoms with van der Waals surface area (Å²) in [6, 6.07) is 5.40. The maximum atomic E-state index is 11.3. The highest BCUT2D eigenvalue weighted by Crippen LogP contribution is 2.33. The Morgan fingerprint density at radius 2 is 2.08 bits per heavy atom. The molecule has 0 fully saturated rings. The molecule has 0 unspecified atom stereocenters. The molecule has 0 saturated heterocycles. The summed E-state index contributed by atoms with van der Waals surface area (Å²) in [7, 11) is 3.18. The number of aromatic nitrogens is 4. The van der Waals surface area contributed by atoms with E-state index in [-0.39, 0.29) is 11.6 Å². The highest BCUT2D eigenvalue weighted by molar-refractivity contribution is 5.89. The predicted octanol–water partition coefficient (Wildman–Crippen LogP) is 2.51. The number of methoxy groups -OCH3 is 2. The van der Waals surface area contributed by atoms with Gasteiger partial charge in [-0.3, -0.25) is 4.79 Å². The van der Waals surface area contributed by atoms with Crippen LogP contribution in [0, 0.1) is 6.92 Å². The van der Waals surface area contributed by atoms with Crippen molar-refractivity contribution >= 4 is 5.78 Å². The summed E-state index contributed by atoms with van der Waals surface area (Å²) < 4.78 is 18.0. The Bertz CT molecular complexity index is 913. The maximum Gasteiger partial charge on any atom is 0.230 e. The highest BCUT2D eigenvalue weighted by atomic mass is 16.5. The fraction of sp³-hybridized carbons (Fsp3) is 0.294. The summed E-state index contributed by atoms with van der Waals surface area (Å²) in [5, 5.41) is 4.12. The van der Waals surface area contributed by atoms with Crippen LogP contribution in [-0.4, -0.2) is 39.8 Å². The van der Waals surface area contributed by atoms with E-state index in [0.29, 0.717) is 41.0 Å². The summed E-state index contributed by atoms with van der Waals surface area (Å²) in [5.74, 6) is 2.38. The molecule has 0 spiro atoms. The zero-order valence-corrected chi connectivity index (χ0v) is 14.4. The molecule has 0 saturated carbocycles. The number of benzene rings is 1. The second-order valence-electron chi connectivity index (χ2n) is 5.41. The van der Waals surface area contributed by atoms with E-state index in [2.05, 4.69) is 15.1 Å². The van der Waals surface area contributed by atoms with Crippen LogP contribution >= 0.6 is 0 Å². The Labute approximate surface area is 144 Å². The minimum Gasteiger partial charge on any atom is -0.497 e. The van der Waals surface area contributed by atoms with Crippen molar-refractivity contribution < 1.29 is 18.7 Å². The van der Waals surface area contributed by atoms with E-state index < -0.39 is 0 Å². The molecule has 25 heavy (non-hydrogen) atoms. The second kappa shape index (κ2) is 6.76. The first-order chi connectivity index (χ1) is 12.0. The number of rotatable bonds is 6. The van der Waals surface area contributed by atoms with Crippen molar-refractivity contribution in [3.63, 3.8) is 0 Å². The Hall–Kier alpha value is -3.16. The van der Waals surface area contributed by atoms with E-state index in [9.17, 15) is 4.79 Å². The number of nitrogens with zero attached hydrogens (tertiary/aromatic N) is 4. The summed E-state index contributed by atoms with van der Waals surface area (Å²) >= 11 is 0. The molecule has 1 aromatic carbocycles. The first-order valence-electron chi connectivity index (χ1n) is 7.61. The van der Waals surface area contributed by atoms with Crippen LogP contribution in [0.25, 0.3) is 11.5 Å². The SMILES string of the molecule is COc1ccc(OC)c(-c2nc(Cn3cnc(C(C)=O)n3)c(C)o2)c1. The molecule has 0 amide bonds. The number of ether oxygens (including phenoxy) is 2. The Morgan fingerprint density at radius 3 is 2.72 bits per heavy atom. The lowest BCUT2D eigenvalue weighted by Crippen LogP contribution is -2.04. The minimum atomic E-state index is -0.183. The highest BCUT2D eigenvalue weighted by Gasteiger charge is 2.17. The molecule has 2 heterocycles. The van der Waals surface area contributed by atoms with Gasteiger partial charge >= 0.3 is 0 Å². The molecule has 3 rings (SSSR count). The molecule has 0 atom stereocenters. The van der Waals surface area contributed by atoms with Gasteiger partial charge in [0.2, 0.25) is 11.7 Å². The van der Waals surface area contributed by atoms with Crippen LogP contribution in [0.3, 0.4) is 0 Å². The van der Waals surface area contributed by atoms with E-state index in [1.165, 1.54) is 13.3 Å². The normalized spacial score (nSPS) is 10.7. The summed E-state index contributed by atoms with van der Waals surface area (Å²) in [4.78, 5) is 19.8. The van der Waals surface area contributed by atoms with E-state index in [1.807, 2.05) is 6.92 Å². The molecule has 0 bridgehead atoms. The number of oxazole rings is 1. The van der Waals surface area contributed by atoms with Crippen LogP contribution in [0.4, 0.5) is 0 Å². The zero-order valence-electron chi connectivity index (χ0n) is 14.4. The average molecular weight is 342 g/mol. The third kappa shape index (κ3) is 3.37. The van der Waals surface area contributed by atoms with E-state index in [1.54, 1.807) is 37.1 Å². The Balaban J connectivity index is 1.93. The number of hydrogen-bond acceptors (Lipinski definition) is 7. The zero-order chi connectivity index (χ0) is 18.0. The van der Waals surface area contributed by atoms with E-state index in [0.717, 1.165) is 0 Å². The number of ketones is 1. The van der Waals surface area contributed by atoms with E-state index in [4.69, 9.17) is 13.9 Å². The van der Waals surface area contributed by atoms with Crippen molar-refractivity contribution in [3.05, 3.63) is 41.8 Å². The van der Waals surface area contributed by atoms with Crippen LogP contribution in [0.2, 0.25) is 0 Å². The standard InChI is InChI=1S/C17H18N4O4/c1-10(22)16-18-9-21(20-16)8-14-11(2)25-17(19-14)13-7-12(23-3)5-6-15(13)24-4/h5-7,9H,8H2,1-4H3. The average Bonchev–Trinajstić information content (AvgIpc) is 3.22. The van der Waals surface area contributed by atoms with Crippen molar-refractivity contribution in [2.45, 2.75) is 20.4 Å². The minimum absolute atomic E-state index is 0.177. The molecular weight excluding hydrogens is 324 g/mol. The number of Topliss-reactive ketones (excluding diaryl/α,β-unsaturated/α-hetero) is 1. The lowest BCUT2D eigenvalue weighted by atomic mass is 10.2. The van der Waals surface area contributed by atoms with Crippen molar-refractivity contribution in [1.82, 2.24) is 19.7 Å². The molecule has 8 nitrogen and oxygen atoms in total. The number of hydrogen-bond donors (Lipinski definition) is 0. The molecule has 8 heteroatoms. The molecular formula is C17H18N4O4. The van der Waals surface area contributed by atoms with Crippen molar-refractivity contribution in [3.8, 4) is 23.0 Å². The van der Waals surface area contributed by atoms with Gasteiger partial charge in [0.25, 0.3) is 0 Å². The molecule has 0 aliphatic carbocycles. The predicted molar refractivity (Wildman–Crippen MR) is 88.9 cm³/mol. The van der Waals surface area contributed by atoms with Gasteiger partial charge < -0.3 is 13.9 Å². The largest absolute Gasteiger partial charge is 0.497 e. The van der Waals surface area contributed by atoms with Crippen LogP contribution in [0.5, 0.6) is 11.5 Å². The van der Waals surface area contributed by atoms with E-state index >= 15 is 0 Å². The third-order valence-corrected chi connectivity index (χ3v) is 3.69. The van der Waals surface area contributed by atoms with Crippen LogP contribution < -0.4 is 9.47 Å². The first kappa shape index (κ1) is 16.7. The molecule has 0 aliphatic heterocycles. The van der Waals surface area contributed by atoms with Crippen LogP contribution in [-0.2, 0) is 6.54 Å². The fourth-order valence-electron chi connectivity index (χ4n) is 2.36. The van der Waals surface area contributed by atoms with Gasteiger partial charge in [0.05, 0.1) is 26.3 Å². The van der Waals surface area contributed by atoms with Gasteiger partial charge in [-0.25, -0.2) is 14.6 Å². The van der Waals surface area contributed by atoms with Gasteiger partial charge in [-0.05, 0) is 25.1 Å². The first-order valence-corrected chi connectivity index (χ1v) is 7.61. The van der Waals surface area contributed by atoms with Crippen molar-refractivity contribution in [2.75, 3.05) is 14.2 Å². The third-order valence-electron chi connectivity index (χ3n) is 3.69. The topological polar surface area (TPSA) is 92.3 Å². The quantitative estimate of drug-likeness (QED) is 0.635. The molecule has 3 aromatic rings. The van der Waals surface area contributed by atoms with Crippen molar-refractivity contribution in [2.24, 2.45) is 0 Å². The van der Waals surface area contributed by atoms with Gasteiger partial charge in [0.1, 0.15) is 29.3 Å². The Kier molecular flexibility index (Phi) is 4.51.